The summed E-state index contributed by atoms with van der Waals surface area (Å²) in [6.07, 6.45) is -1.29. The maximum Gasteiger partial charge on any atom is 0.495 e. The Labute approximate surface area is 265 Å². The van der Waals surface area contributed by atoms with E-state index in [0.717, 1.165) is 20.1 Å². The number of rotatable bonds is 7. The van der Waals surface area contributed by atoms with Gasteiger partial charge in [-0.05, 0) is 70.0 Å². The zero-order chi connectivity index (χ0) is 28.9. The molecule has 41 heavy (non-hydrogen) atoms. The van der Waals surface area contributed by atoms with E-state index < -0.39 is 32.0 Å². The molecule has 2 aromatic carbocycles. The lowest BCUT2D eigenvalue weighted by Crippen LogP contribution is -2.35. The van der Waals surface area contributed by atoms with Crippen molar-refractivity contribution in [2.24, 2.45) is 5.73 Å². The molecule has 0 fully saturated rings. The molecule has 0 aromatic heterocycles. The van der Waals surface area contributed by atoms with Gasteiger partial charge in [0.1, 0.15) is 17.1 Å². The van der Waals surface area contributed by atoms with Crippen molar-refractivity contribution in [3.63, 3.8) is 0 Å². The van der Waals surface area contributed by atoms with Crippen LogP contribution in [0.2, 0.25) is 0 Å². The molecule has 2 aliphatic rings. The molecule has 0 saturated heterocycles. The summed E-state index contributed by atoms with van der Waals surface area (Å²) in [6.45, 7) is 10.7. The summed E-state index contributed by atoms with van der Waals surface area (Å²) >= 11 is 6.90. The van der Waals surface area contributed by atoms with Crippen molar-refractivity contribution < 1.29 is 38.4 Å². The first-order valence-corrected chi connectivity index (χ1v) is 14.2. The maximum absolute atomic E-state index is 11.8. The highest BCUT2D eigenvalue weighted by Crippen LogP contribution is 2.34. The molecule has 0 spiro atoms. The molecule has 15 heteroatoms. The van der Waals surface area contributed by atoms with Gasteiger partial charge < -0.3 is 44.6 Å². The van der Waals surface area contributed by atoms with Crippen molar-refractivity contribution in [2.75, 3.05) is 26.3 Å². The lowest BCUT2D eigenvalue weighted by molar-refractivity contribution is 0.0498. The molecule has 0 bridgehead atoms. The standard InChI is InChI=1S/C15H21BBrNO5.C10H13BBrNO3.CH4.ClH/c1-5-21-10-7-6-9(17)12-11(23-16(20)13(10)12)8-18-14(19)22-15(2,3)4;1-2-15-7-4-3-6(12)9-8(5-13)16-11(14)10(7)9;;/h6-7,11,20H,5,8H2,1-4H3,(H,18,19);3-4,8,14H,2,5,13H2,1H3;1H4;1H/t11-;8-;;/m11../s1. The average Bonchev–Trinajstić information content (AvgIpc) is 3.39. The largest absolute Gasteiger partial charge is 0.495 e. The third-order valence-electron chi connectivity index (χ3n) is 5.76. The van der Waals surface area contributed by atoms with E-state index in [1.165, 1.54) is 0 Å². The number of hydrogen-bond acceptors (Lipinski definition) is 9. The molecule has 2 atom stereocenters. The number of ether oxygens (including phenoxy) is 3. The highest BCUT2D eigenvalue weighted by atomic mass is 79.9. The molecule has 2 aliphatic heterocycles. The number of fused-ring (bicyclic) bond motifs is 2. The molecule has 5 N–H and O–H groups in total. The van der Waals surface area contributed by atoms with Crippen LogP contribution >= 0.6 is 44.3 Å². The Kier molecular flexibility index (Phi) is 15.0. The molecule has 2 aromatic rings. The Balaban J connectivity index is 0.000000413. The van der Waals surface area contributed by atoms with Crippen molar-refractivity contribution in [1.29, 1.82) is 0 Å². The molecule has 4 rings (SSSR count). The van der Waals surface area contributed by atoms with Gasteiger partial charge in [-0.15, -0.1) is 12.4 Å². The minimum absolute atomic E-state index is 0. The Hall–Kier alpha value is -1.51. The number of nitrogens with two attached hydrogens (primary N) is 1. The van der Waals surface area contributed by atoms with Gasteiger partial charge in [-0.1, -0.05) is 39.3 Å². The van der Waals surface area contributed by atoms with Crippen LogP contribution < -0.4 is 31.4 Å². The molecule has 228 valence electrons. The van der Waals surface area contributed by atoms with Crippen molar-refractivity contribution in [1.82, 2.24) is 5.32 Å². The van der Waals surface area contributed by atoms with E-state index in [1.54, 1.807) is 26.8 Å². The van der Waals surface area contributed by atoms with Gasteiger partial charge in [0.2, 0.25) is 0 Å². The second-order valence-electron chi connectivity index (χ2n) is 9.68. The van der Waals surface area contributed by atoms with Crippen molar-refractivity contribution >= 4 is 75.5 Å². The molecule has 10 nitrogen and oxygen atoms in total. The SMILES string of the molecule is C.CCOc1ccc(Br)c2c1B(O)O[C@@H]2CN.CCOc1ccc(Br)c2c1B(O)O[C@@H]2CNC(=O)OC(C)(C)C.Cl. The number of halogens is 3. The summed E-state index contributed by atoms with van der Waals surface area (Å²) in [7, 11) is -2.04. The van der Waals surface area contributed by atoms with Crippen LogP contribution in [0.5, 0.6) is 11.5 Å². The predicted octanol–water partition coefficient (Wildman–Crippen LogP) is 3.75. The molecule has 0 saturated carbocycles. The molecular weight excluding hydrogens is 685 g/mol. The van der Waals surface area contributed by atoms with Crippen LogP contribution in [-0.4, -0.2) is 62.3 Å². The lowest BCUT2D eigenvalue weighted by Gasteiger charge is -2.21. The molecule has 0 unspecified atom stereocenters. The van der Waals surface area contributed by atoms with E-state index in [2.05, 4.69) is 37.2 Å². The number of carbonyl (C=O) groups is 1. The van der Waals surface area contributed by atoms with Crippen LogP contribution in [0, 0.1) is 0 Å². The minimum atomic E-state index is -1.09. The van der Waals surface area contributed by atoms with Gasteiger partial charge in [0.15, 0.2) is 0 Å². The minimum Gasteiger partial charge on any atom is -0.494 e. The van der Waals surface area contributed by atoms with Crippen LogP contribution in [-0.2, 0) is 14.0 Å². The summed E-state index contributed by atoms with van der Waals surface area (Å²) < 4.78 is 28.8. The highest BCUT2D eigenvalue weighted by Gasteiger charge is 2.40. The van der Waals surface area contributed by atoms with Gasteiger partial charge in [-0.3, -0.25) is 0 Å². The second-order valence-corrected chi connectivity index (χ2v) is 11.4. The summed E-state index contributed by atoms with van der Waals surface area (Å²) in [4.78, 5) is 11.8. The molecule has 2 heterocycles. The molecule has 0 radical (unpaired) electrons. The van der Waals surface area contributed by atoms with E-state index in [0.29, 0.717) is 42.2 Å². The summed E-state index contributed by atoms with van der Waals surface area (Å²) in [5.74, 6) is 1.24. The van der Waals surface area contributed by atoms with Gasteiger partial charge >= 0.3 is 20.3 Å². The van der Waals surface area contributed by atoms with Gasteiger partial charge in [0.05, 0.1) is 25.4 Å². The Bertz CT molecular complexity index is 1180. The number of benzene rings is 2. The van der Waals surface area contributed by atoms with Crippen LogP contribution in [0.1, 0.15) is 65.4 Å². The Morgan fingerprint density at radius 2 is 1.39 bits per heavy atom. The normalized spacial score (nSPS) is 16.8. The summed E-state index contributed by atoms with van der Waals surface area (Å²) in [6, 6.07) is 7.32. The van der Waals surface area contributed by atoms with Crippen molar-refractivity contribution in [2.45, 2.75) is 59.9 Å². The first-order chi connectivity index (χ1) is 18.4. The fraction of sp³-hybridized carbons (Fsp3) is 0.500. The Morgan fingerprint density at radius 3 is 1.80 bits per heavy atom. The zero-order valence-corrected chi connectivity index (χ0v) is 27.0. The number of amides is 1. The third-order valence-corrected chi connectivity index (χ3v) is 7.14. The fourth-order valence-electron chi connectivity index (χ4n) is 4.30. The predicted molar refractivity (Wildman–Crippen MR) is 171 cm³/mol. The fourth-order valence-corrected chi connectivity index (χ4v) is 5.51. The highest BCUT2D eigenvalue weighted by molar-refractivity contribution is 9.10. The molecular formula is C26H39B2Br2ClN2O8. The quantitative estimate of drug-likeness (QED) is 0.315. The molecule has 1 amide bonds. The van der Waals surface area contributed by atoms with Gasteiger partial charge in [-0.2, -0.15) is 0 Å². The average molecular weight is 724 g/mol. The maximum atomic E-state index is 11.8. The van der Waals surface area contributed by atoms with E-state index in [-0.39, 0.29) is 32.5 Å². The monoisotopic (exact) mass is 722 g/mol. The van der Waals surface area contributed by atoms with Crippen LogP contribution in [0.25, 0.3) is 0 Å². The summed E-state index contributed by atoms with van der Waals surface area (Å²) in [5.41, 5.74) is 7.99. The third kappa shape index (κ3) is 9.24. The second kappa shape index (κ2) is 16.4. The lowest BCUT2D eigenvalue weighted by atomic mass is 9.78. The number of alkyl carbamates (subject to hydrolysis) is 1. The van der Waals surface area contributed by atoms with Crippen molar-refractivity contribution in [3.8, 4) is 11.5 Å². The number of carbonyl (C=O) groups excluding carboxylic acids is 1. The smallest absolute Gasteiger partial charge is 0.494 e. The van der Waals surface area contributed by atoms with E-state index >= 15 is 0 Å². The number of hydrogen-bond donors (Lipinski definition) is 4. The Morgan fingerprint density at radius 1 is 0.951 bits per heavy atom. The van der Waals surface area contributed by atoms with Gasteiger partial charge in [0, 0.05) is 33.0 Å². The van der Waals surface area contributed by atoms with Gasteiger partial charge in [-0.25, -0.2) is 4.79 Å². The van der Waals surface area contributed by atoms with Crippen molar-refractivity contribution in [3.05, 3.63) is 44.3 Å². The topological polar surface area (TPSA) is 142 Å². The van der Waals surface area contributed by atoms with Crippen LogP contribution in [0.3, 0.4) is 0 Å². The van der Waals surface area contributed by atoms with Crippen LogP contribution in [0.4, 0.5) is 4.79 Å². The summed E-state index contributed by atoms with van der Waals surface area (Å²) in [5, 5.41) is 22.7. The van der Waals surface area contributed by atoms with E-state index in [9.17, 15) is 14.8 Å². The number of nitrogens with one attached hydrogen (secondary N) is 1. The first kappa shape index (κ1) is 37.5. The van der Waals surface area contributed by atoms with Gasteiger partial charge in [0.25, 0.3) is 0 Å². The van der Waals surface area contributed by atoms with E-state index in [4.69, 9.17) is 29.3 Å². The molecule has 0 aliphatic carbocycles. The zero-order valence-electron chi connectivity index (χ0n) is 23.0. The van der Waals surface area contributed by atoms with Crippen LogP contribution in [0.15, 0.2) is 33.2 Å². The van der Waals surface area contributed by atoms with E-state index in [1.807, 2.05) is 32.0 Å². The first-order valence-electron chi connectivity index (χ1n) is 12.7.